The van der Waals surface area contributed by atoms with Crippen LogP contribution in [0.1, 0.15) is 27.8 Å². The number of aryl methyl sites for hydroxylation is 3. The molecule has 0 aliphatic rings. The first kappa shape index (κ1) is 28.2. The van der Waals surface area contributed by atoms with E-state index >= 15 is 0 Å². The molecule has 0 aliphatic heterocycles. The largest absolute Gasteiger partial charge is 0.455 e. The molecule has 6 aromatic rings. The van der Waals surface area contributed by atoms with Gasteiger partial charge in [0.25, 0.3) is 0 Å². The second-order valence-corrected chi connectivity index (χ2v) is 11.6. The average molecular weight is 603 g/mol. The first-order valence-electron chi connectivity index (χ1n) is 13.0. The Labute approximate surface area is 239 Å². The third-order valence-electron chi connectivity index (χ3n) is 7.68. The molecule has 0 atom stereocenters. The van der Waals surface area contributed by atoms with Crippen molar-refractivity contribution in [3.05, 3.63) is 88.4 Å². The van der Waals surface area contributed by atoms with Crippen LogP contribution < -0.4 is 4.57 Å². The van der Waals surface area contributed by atoms with Gasteiger partial charge in [-0.15, -0.1) is 11.3 Å². The molecule has 6 rings (SSSR count). The van der Waals surface area contributed by atoms with Gasteiger partial charge >= 0.3 is 12.4 Å². The molecule has 42 heavy (non-hydrogen) atoms. The highest BCUT2D eigenvalue weighted by atomic mass is 32.1. The van der Waals surface area contributed by atoms with Gasteiger partial charge < -0.3 is 4.42 Å². The number of pyridine rings is 1. The Hall–Kier alpha value is -3.92. The number of nitrogens with zero attached hydrogens (tertiary/aromatic N) is 1. The SMILES string of the molecule is Cc1cc2c(cc1F)oc1c(-c3c4sc(-c5ccc(CC(F)(F)F)cc5)c(C(F)(F)F)c4cc[n+]3C)c(C)c(C)cc12. The Balaban J connectivity index is 1.67. The number of rotatable bonds is 3. The summed E-state index contributed by atoms with van der Waals surface area (Å²) in [5.74, 6) is -0.428. The predicted molar refractivity (Wildman–Crippen MR) is 150 cm³/mol. The van der Waals surface area contributed by atoms with Crippen molar-refractivity contribution in [3.8, 4) is 21.7 Å². The molecule has 10 heteroatoms. The second kappa shape index (κ2) is 9.55. The summed E-state index contributed by atoms with van der Waals surface area (Å²) in [4.78, 5) is -0.0904. The third kappa shape index (κ3) is 4.62. The van der Waals surface area contributed by atoms with Gasteiger partial charge in [-0.1, -0.05) is 24.3 Å². The molecule has 0 radical (unpaired) electrons. The minimum atomic E-state index is -4.74. The van der Waals surface area contributed by atoms with Crippen molar-refractivity contribution in [3.63, 3.8) is 0 Å². The monoisotopic (exact) mass is 602 g/mol. The number of halogens is 7. The smallest absolute Gasteiger partial charge is 0.418 e. The second-order valence-electron chi connectivity index (χ2n) is 10.6. The van der Waals surface area contributed by atoms with Crippen molar-refractivity contribution in [1.29, 1.82) is 0 Å². The number of fused-ring (bicyclic) bond motifs is 4. The van der Waals surface area contributed by atoms with Crippen molar-refractivity contribution in [1.82, 2.24) is 0 Å². The fourth-order valence-electron chi connectivity index (χ4n) is 5.53. The first-order chi connectivity index (χ1) is 19.6. The number of benzene rings is 3. The van der Waals surface area contributed by atoms with Crippen LogP contribution in [0.4, 0.5) is 30.7 Å². The zero-order chi connectivity index (χ0) is 30.3. The molecule has 2 nitrogen and oxygen atoms in total. The molecule has 3 aromatic carbocycles. The summed E-state index contributed by atoms with van der Waals surface area (Å²) in [6, 6.07) is 11.4. The van der Waals surface area contributed by atoms with E-state index in [-0.39, 0.29) is 21.4 Å². The van der Waals surface area contributed by atoms with E-state index in [1.54, 1.807) is 30.8 Å². The van der Waals surface area contributed by atoms with E-state index in [1.807, 2.05) is 19.9 Å². The van der Waals surface area contributed by atoms with Crippen molar-refractivity contribution < 1.29 is 39.7 Å². The fraction of sp³-hybridized carbons (Fsp3) is 0.219. The fourth-order valence-corrected chi connectivity index (χ4v) is 6.94. The van der Waals surface area contributed by atoms with Crippen LogP contribution in [0.5, 0.6) is 0 Å². The Morgan fingerprint density at radius 2 is 1.50 bits per heavy atom. The minimum Gasteiger partial charge on any atom is -0.455 e. The molecule has 216 valence electrons. The van der Waals surface area contributed by atoms with E-state index in [0.717, 1.165) is 27.8 Å². The molecule has 0 unspecified atom stereocenters. The summed E-state index contributed by atoms with van der Waals surface area (Å²) in [5.41, 5.74) is 3.24. The van der Waals surface area contributed by atoms with Crippen LogP contribution in [0, 0.1) is 26.6 Å². The molecular formula is C32H23F7NOS+. The molecule has 3 heterocycles. The predicted octanol–water partition coefficient (Wildman–Crippen LogP) is 10.1. The van der Waals surface area contributed by atoms with Gasteiger partial charge in [-0.2, -0.15) is 30.9 Å². The molecule has 0 amide bonds. The van der Waals surface area contributed by atoms with Gasteiger partial charge in [-0.3, -0.25) is 0 Å². The Morgan fingerprint density at radius 1 is 0.833 bits per heavy atom. The van der Waals surface area contributed by atoms with Gasteiger partial charge in [0.05, 0.1) is 17.5 Å². The molecule has 3 aromatic heterocycles. The van der Waals surface area contributed by atoms with E-state index in [9.17, 15) is 30.7 Å². The van der Waals surface area contributed by atoms with Crippen LogP contribution in [-0.2, 0) is 19.6 Å². The highest BCUT2D eigenvalue weighted by Crippen LogP contribution is 2.50. The first-order valence-corrected chi connectivity index (χ1v) is 13.8. The number of alkyl halides is 6. The zero-order valence-electron chi connectivity index (χ0n) is 22.8. The van der Waals surface area contributed by atoms with Gasteiger partial charge in [0.2, 0.25) is 5.69 Å². The highest BCUT2D eigenvalue weighted by molar-refractivity contribution is 7.23. The van der Waals surface area contributed by atoms with Crippen molar-refractivity contribution >= 4 is 43.4 Å². The van der Waals surface area contributed by atoms with E-state index in [0.29, 0.717) is 38.1 Å². The topological polar surface area (TPSA) is 17.0 Å². The quantitative estimate of drug-likeness (QED) is 0.146. The lowest BCUT2D eigenvalue weighted by Gasteiger charge is -2.11. The van der Waals surface area contributed by atoms with Crippen LogP contribution in [0.15, 0.2) is 59.1 Å². The number of hydrogen-bond acceptors (Lipinski definition) is 2. The number of furan rings is 1. The van der Waals surface area contributed by atoms with Gasteiger partial charge in [-0.25, -0.2) is 4.39 Å². The molecule has 0 bridgehead atoms. The standard InChI is InChI=1S/C32H23F7NOS/c1-15-11-22-21-12-16(2)23(33)13-24(21)41-28(22)25(17(15)3)27-30-20(9-10-40(27)4)26(32(37,38)39)29(42-30)19-7-5-18(6-8-19)14-31(34,35)36/h5-13H,14H2,1-4H3/q+1. The third-order valence-corrected chi connectivity index (χ3v) is 8.94. The van der Waals surface area contributed by atoms with Crippen LogP contribution in [0.25, 0.3) is 53.7 Å². The average Bonchev–Trinajstić information content (AvgIpc) is 3.44. The summed E-state index contributed by atoms with van der Waals surface area (Å²) >= 11 is 0.929. The lowest BCUT2D eigenvalue weighted by atomic mass is 9.95. The Kier molecular flexibility index (Phi) is 6.42. The molecule has 0 saturated carbocycles. The van der Waals surface area contributed by atoms with Crippen LogP contribution in [0.3, 0.4) is 0 Å². The van der Waals surface area contributed by atoms with Crippen LogP contribution in [-0.4, -0.2) is 6.18 Å². The number of hydrogen-bond donors (Lipinski definition) is 0. The molecule has 0 aliphatic carbocycles. The Morgan fingerprint density at radius 3 is 2.14 bits per heavy atom. The summed E-state index contributed by atoms with van der Waals surface area (Å²) in [6.45, 7) is 5.41. The maximum Gasteiger partial charge on any atom is 0.418 e. The number of aromatic nitrogens is 1. The van der Waals surface area contributed by atoms with Gasteiger partial charge in [0.15, 0.2) is 6.20 Å². The van der Waals surface area contributed by atoms with E-state index in [2.05, 4.69) is 0 Å². The Bertz CT molecular complexity index is 2030. The molecule has 0 N–H and O–H groups in total. The summed E-state index contributed by atoms with van der Waals surface area (Å²) in [6.07, 6.45) is -8.79. The van der Waals surface area contributed by atoms with E-state index in [1.165, 1.54) is 36.4 Å². The molecular weight excluding hydrogens is 579 g/mol. The van der Waals surface area contributed by atoms with Crippen LogP contribution in [0.2, 0.25) is 0 Å². The van der Waals surface area contributed by atoms with Gasteiger partial charge in [-0.05, 0) is 60.7 Å². The highest BCUT2D eigenvalue weighted by Gasteiger charge is 2.40. The normalized spacial score (nSPS) is 12.7. The maximum atomic E-state index is 14.6. The van der Waals surface area contributed by atoms with E-state index < -0.39 is 30.2 Å². The van der Waals surface area contributed by atoms with Crippen molar-refractivity contribution in [2.75, 3.05) is 0 Å². The van der Waals surface area contributed by atoms with Crippen molar-refractivity contribution in [2.24, 2.45) is 7.05 Å². The number of thiophene rings is 1. The lowest BCUT2D eigenvalue weighted by molar-refractivity contribution is -0.659. The maximum absolute atomic E-state index is 14.6. The van der Waals surface area contributed by atoms with Crippen molar-refractivity contribution in [2.45, 2.75) is 39.5 Å². The zero-order valence-corrected chi connectivity index (χ0v) is 23.6. The summed E-state index contributed by atoms with van der Waals surface area (Å²) in [7, 11) is 1.73. The lowest BCUT2D eigenvalue weighted by Crippen LogP contribution is -2.30. The van der Waals surface area contributed by atoms with Gasteiger partial charge in [0.1, 0.15) is 28.7 Å². The molecule has 0 fully saturated rings. The molecule has 0 saturated heterocycles. The molecule has 0 spiro atoms. The van der Waals surface area contributed by atoms with E-state index in [4.69, 9.17) is 4.42 Å². The van der Waals surface area contributed by atoms with Crippen LogP contribution >= 0.6 is 11.3 Å². The summed E-state index contributed by atoms with van der Waals surface area (Å²) in [5, 5.41) is 1.39. The van der Waals surface area contributed by atoms with Gasteiger partial charge in [0, 0.05) is 33.2 Å². The summed E-state index contributed by atoms with van der Waals surface area (Å²) < 4.78 is 105. The minimum absolute atomic E-state index is 0.0259.